The molecule has 0 amide bonds. The van der Waals surface area contributed by atoms with E-state index in [1.165, 1.54) is 26.4 Å². The summed E-state index contributed by atoms with van der Waals surface area (Å²) in [5.74, 6) is 1.57. The number of methoxy groups -OCH3 is 4. The Labute approximate surface area is 191 Å². The predicted octanol–water partition coefficient (Wildman–Crippen LogP) is 3.43. The van der Waals surface area contributed by atoms with Crippen LogP contribution in [0.3, 0.4) is 0 Å². The normalized spacial score (nSPS) is 20.0. The van der Waals surface area contributed by atoms with Gasteiger partial charge in [0.1, 0.15) is 28.5 Å². The summed E-state index contributed by atoms with van der Waals surface area (Å²) in [6.45, 7) is 3.78. The average molecular weight is 456 g/mol. The molecular formula is C25H28O8. The Morgan fingerprint density at radius 3 is 2.39 bits per heavy atom. The lowest BCUT2D eigenvalue weighted by molar-refractivity contribution is -0.0768. The van der Waals surface area contributed by atoms with Crippen LogP contribution in [-0.2, 0) is 27.9 Å². The van der Waals surface area contributed by atoms with Gasteiger partial charge in [0.2, 0.25) is 0 Å². The van der Waals surface area contributed by atoms with Crippen LogP contribution in [-0.4, -0.2) is 34.5 Å². The van der Waals surface area contributed by atoms with Crippen LogP contribution >= 0.6 is 0 Å². The maximum absolute atomic E-state index is 14.0. The number of hydrogen-bond donors (Lipinski definition) is 0. The monoisotopic (exact) mass is 456 g/mol. The molecule has 2 heterocycles. The van der Waals surface area contributed by atoms with E-state index in [9.17, 15) is 9.59 Å². The van der Waals surface area contributed by atoms with Crippen molar-refractivity contribution in [2.24, 2.45) is 0 Å². The molecule has 2 unspecified atom stereocenters. The molecular weight excluding hydrogens is 428 g/mol. The Morgan fingerprint density at radius 1 is 1.00 bits per heavy atom. The largest absolute Gasteiger partial charge is 0.496 e. The first-order chi connectivity index (χ1) is 15.8. The van der Waals surface area contributed by atoms with E-state index in [4.69, 9.17) is 27.8 Å². The molecule has 33 heavy (non-hydrogen) atoms. The third-order valence-electron chi connectivity index (χ3n) is 6.61. The Bertz CT molecular complexity index is 1320. The number of hydrogen-bond acceptors (Lipinski definition) is 8. The van der Waals surface area contributed by atoms with Gasteiger partial charge in [0.05, 0.1) is 37.3 Å². The maximum Gasteiger partial charge on any atom is 0.288 e. The zero-order valence-electron chi connectivity index (χ0n) is 19.7. The fraction of sp³-hybridized carbons (Fsp3) is 0.440. The standard InChI is InChI=1S/C25H28O8/c1-13-14(2)22-19(10-18(13)29-4)33-20-9-16(28-3)11-25(31-6,23(20)24(22)27)12-17-7-15(26)8-21(30-5)32-17/h7-8,10,16H,9,11-12H2,1-6H3. The molecule has 0 aliphatic heterocycles. The molecule has 2 atom stereocenters. The molecule has 0 saturated heterocycles. The van der Waals surface area contributed by atoms with Crippen molar-refractivity contribution >= 4 is 11.0 Å². The van der Waals surface area contributed by atoms with Crippen LogP contribution in [0.1, 0.15) is 34.6 Å². The molecule has 1 aliphatic rings. The van der Waals surface area contributed by atoms with E-state index in [1.54, 1.807) is 20.3 Å². The summed E-state index contributed by atoms with van der Waals surface area (Å²) in [6.07, 6.45) is 0.675. The summed E-state index contributed by atoms with van der Waals surface area (Å²) in [4.78, 5) is 26.1. The molecule has 3 aromatic rings. The molecule has 1 aromatic carbocycles. The summed E-state index contributed by atoms with van der Waals surface area (Å²) in [7, 11) is 6.15. The minimum atomic E-state index is -1.12. The van der Waals surface area contributed by atoms with Gasteiger partial charge in [-0.25, -0.2) is 0 Å². The highest BCUT2D eigenvalue weighted by molar-refractivity contribution is 5.84. The number of fused-ring (bicyclic) bond motifs is 2. The van der Waals surface area contributed by atoms with E-state index in [0.717, 1.165) is 11.1 Å². The Kier molecular flexibility index (Phi) is 6.07. The summed E-state index contributed by atoms with van der Waals surface area (Å²) in [5, 5.41) is 0.483. The van der Waals surface area contributed by atoms with Gasteiger partial charge in [0.15, 0.2) is 10.9 Å². The zero-order valence-corrected chi connectivity index (χ0v) is 19.7. The van der Waals surface area contributed by atoms with Gasteiger partial charge in [0, 0.05) is 45.6 Å². The van der Waals surface area contributed by atoms with Crippen LogP contribution in [0.25, 0.3) is 11.0 Å². The van der Waals surface area contributed by atoms with Gasteiger partial charge in [-0.2, -0.15) is 0 Å². The summed E-state index contributed by atoms with van der Waals surface area (Å²) < 4.78 is 34.3. The number of benzene rings is 1. The van der Waals surface area contributed by atoms with Crippen LogP contribution in [0.2, 0.25) is 0 Å². The zero-order chi connectivity index (χ0) is 23.9. The smallest absolute Gasteiger partial charge is 0.288 e. The van der Waals surface area contributed by atoms with Crippen molar-refractivity contribution in [1.82, 2.24) is 0 Å². The Morgan fingerprint density at radius 2 is 1.76 bits per heavy atom. The van der Waals surface area contributed by atoms with Crippen molar-refractivity contribution in [2.45, 2.75) is 44.8 Å². The van der Waals surface area contributed by atoms with Crippen LogP contribution in [0.15, 0.2) is 36.6 Å². The lowest BCUT2D eigenvalue weighted by Crippen LogP contribution is -2.45. The third kappa shape index (κ3) is 3.83. The van der Waals surface area contributed by atoms with Crippen molar-refractivity contribution in [1.29, 1.82) is 0 Å². The fourth-order valence-corrected chi connectivity index (χ4v) is 4.78. The lowest BCUT2D eigenvalue weighted by atomic mass is 9.76. The van der Waals surface area contributed by atoms with Gasteiger partial charge >= 0.3 is 0 Å². The van der Waals surface area contributed by atoms with E-state index in [2.05, 4.69) is 0 Å². The van der Waals surface area contributed by atoms with Crippen LogP contribution in [0.4, 0.5) is 0 Å². The minimum Gasteiger partial charge on any atom is -0.496 e. The summed E-state index contributed by atoms with van der Waals surface area (Å²) in [5.41, 5.74) is 0.972. The average Bonchev–Trinajstić information content (AvgIpc) is 2.80. The molecule has 8 nitrogen and oxygen atoms in total. The quantitative estimate of drug-likeness (QED) is 0.557. The van der Waals surface area contributed by atoms with E-state index >= 15 is 0 Å². The molecule has 0 saturated carbocycles. The molecule has 0 fully saturated rings. The van der Waals surface area contributed by atoms with E-state index in [1.807, 2.05) is 13.8 Å². The van der Waals surface area contributed by atoms with Gasteiger partial charge in [-0.3, -0.25) is 9.59 Å². The van der Waals surface area contributed by atoms with E-state index in [0.29, 0.717) is 46.6 Å². The Balaban J connectivity index is 2.00. The maximum atomic E-state index is 14.0. The van der Waals surface area contributed by atoms with Crippen molar-refractivity contribution in [3.8, 4) is 11.7 Å². The van der Waals surface area contributed by atoms with Crippen molar-refractivity contribution in [3.63, 3.8) is 0 Å². The topological polar surface area (TPSA) is 97.3 Å². The fourth-order valence-electron chi connectivity index (χ4n) is 4.78. The lowest BCUT2D eigenvalue weighted by Gasteiger charge is -2.39. The molecule has 0 radical (unpaired) electrons. The first-order valence-electron chi connectivity index (χ1n) is 10.7. The van der Waals surface area contributed by atoms with Gasteiger partial charge < -0.3 is 27.8 Å². The highest BCUT2D eigenvalue weighted by Gasteiger charge is 2.46. The second-order valence-electron chi connectivity index (χ2n) is 8.36. The molecule has 4 rings (SSSR count). The molecule has 0 spiro atoms. The minimum absolute atomic E-state index is 0.0900. The van der Waals surface area contributed by atoms with Gasteiger partial charge in [-0.15, -0.1) is 0 Å². The second-order valence-corrected chi connectivity index (χ2v) is 8.36. The van der Waals surface area contributed by atoms with Crippen LogP contribution < -0.4 is 20.3 Å². The molecule has 8 heteroatoms. The molecule has 176 valence electrons. The predicted molar refractivity (Wildman–Crippen MR) is 122 cm³/mol. The summed E-state index contributed by atoms with van der Waals surface area (Å²) in [6, 6.07) is 4.38. The molecule has 0 bridgehead atoms. The SMILES string of the molecule is COc1cc(=O)cc(CC2(OC)CC(OC)Cc3oc4cc(OC)c(C)c(C)c4c(=O)c32)o1. The molecule has 2 aromatic heterocycles. The van der Waals surface area contributed by atoms with Crippen LogP contribution in [0.5, 0.6) is 11.7 Å². The summed E-state index contributed by atoms with van der Waals surface area (Å²) >= 11 is 0. The molecule has 1 aliphatic carbocycles. The Hall–Kier alpha value is -3.10. The van der Waals surface area contributed by atoms with Crippen molar-refractivity contribution in [2.75, 3.05) is 28.4 Å². The van der Waals surface area contributed by atoms with Gasteiger partial charge in [-0.05, 0) is 25.0 Å². The first-order valence-corrected chi connectivity index (χ1v) is 10.7. The first kappa shape index (κ1) is 23.1. The third-order valence-corrected chi connectivity index (χ3v) is 6.61. The number of ether oxygens (including phenoxy) is 4. The number of aryl methyl sites for hydroxylation is 1. The van der Waals surface area contributed by atoms with E-state index < -0.39 is 5.60 Å². The van der Waals surface area contributed by atoms with Crippen molar-refractivity contribution < 1.29 is 27.8 Å². The highest BCUT2D eigenvalue weighted by atomic mass is 16.6. The molecule has 0 N–H and O–H groups in total. The highest BCUT2D eigenvalue weighted by Crippen LogP contribution is 2.42. The van der Waals surface area contributed by atoms with Gasteiger partial charge in [0.25, 0.3) is 5.95 Å². The van der Waals surface area contributed by atoms with Crippen LogP contribution in [0, 0.1) is 13.8 Å². The van der Waals surface area contributed by atoms with Crippen molar-refractivity contribution in [3.05, 3.63) is 66.9 Å². The second kappa shape index (κ2) is 8.68. The van der Waals surface area contributed by atoms with E-state index in [-0.39, 0.29) is 29.3 Å². The number of rotatable bonds is 6. The van der Waals surface area contributed by atoms with Gasteiger partial charge in [-0.1, -0.05) is 0 Å².